The summed E-state index contributed by atoms with van der Waals surface area (Å²) in [6.07, 6.45) is 6.50. The molecule has 1 saturated carbocycles. The molecule has 0 unspecified atom stereocenters. The lowest BCUT2D eigenvalue weighted by atomic mass is 10.0. The molecular weight excluding hydrogens is 620 g/mol. The Morgan fingerprint density at radius 2 is 1.86 bits per heavy atom. The van der Waals surface area contributed by atoms with Crippen molar-refractivity contribution in [3.05, 3.63) is 53.0 Å². The van der Waals surface area contributed by atoms with Gasteiger partial charge in [-0.2, -0.15) is 0 Å². The Labute approximate surface area is 257 Å². The summed E-state index contributed by atoms with van der Waals surface area (Å²) in [4.78, 5) is 46.5. The summed E-state index contributed by atoms with van der Waals surface area (Å²) >= 11 is 4.91. The number of amides is 2. The second-order valence-electron chi connectivity index (χ2n) is 11.6. The van der Waals surface area contributed by atoms with Crippen LogP contribution in [-0.4, -0.2) is 63.0 Å². The van der Waals surface area contributed by atoms with Crippen LogP contribution in [-0.2, 0) is 14.4 Å². The van der Waals surface area contributed by atoms with Crippen LogP contribution in [0.3, 0.4) is 0 Å². The molecule has 5 atom stereocenters. The zero-order valence-electron chi connectivity index (χ0n) is 23.3. The van der Waals surface area contributed by atoms with Crippen LogP contribution in [0, 0.1) is 5.92 Å². The van der Waals surface area contributed by atoms with E-state index in [4.69, 9.17) is 4.74 Å². The first-order chi connectivity index (χ1) is 20.3. The molecule has 9 nitrogen and oxygen atoms in total. The largest absolute Gasteiger partial charge is 0.479 e. The molecule has 1 aliphatic carbocycles. The van der Waals surface area contributed by atoms with E-state index in [-0.39, 0.29) is 24.8 Å². The van der Waals surface area contributed by atoms with Crippen molar-refractivity contribution in [2.45, 2.75) is 81.5 Å². The number of nitrogens with zero attached hydrogens (tertiary/aromatic N) is 2. The quantitative estimate of drug-likeness (QED) is 0.328. The lowest BCUT2D eigenvalue weighted by molar-refractivity contribution is -0.145. The van der Waals surface area contributed by atoms with E-state index in [1.807, 2.05) is 48.5 Å². The van der Waals surface area contributed by atoms with Crippen LogP contribution >= 0.6 is 27.3 Å². The lowest BCUT2D eigenvalue weighted by Crippen LogP contribution is -2.55. The molecule has 2 aromatic carbocycles. The molecule has 2 saturated heterocycles. The number of carbonyl (C=O) groups excluding carboxylic acids is 2. The van der Waals surface area contributed by atoms with E-state index in [1.165, 1.54) is 11.3 Å². The fourth-order valence-corrected chi connectivity index (χ4v) is 7.79. The van der Waals surface area contributed by atoms with Crippen LogP contribution in [0.2, 0.25) is 0 Å². The number of aliphatic carboxylic acids is 1. The molecule has 42 heavy (non-hydrogen) atoms. The van der Waals surface area contributed by atoms with Gasteiger partial charge in [-0.3, -0.25) is 9.59 Å². The van der Waals surface area contributed by atoms with Crippen molar-refractivity contribution < 1.29 is 24.2 Å². The lowest BCUT2D eigenvalue weighted by Gasteiger charge is -2.30. The predicted molar refractivity (Wildman–Crippen MR) is 165 cm³/mol. The third-order valence-corrected chi connectivity index (χ3v) is 10.1. The van der Waals surface area contributed by atoms with E-state index in [1.54, 1.807) is 4.90 Å². The maximum absolute atomic E-state index is 14.2. The third-order valence-electron chi connectivity index (χ3n) is 8.74. The fourth-order valence-electron chi connectivity index (χ4n) is 6.36. The number of thiazole rings is 1. The van der Waals surface area contributed by atoms with Gasteiger partial charge in [0, 0.05) is 16.6 Å². The van der Waals surface area contributed by atoms with Crippen LogP contribution in [0.4, 0.5) is 5.69 Å². The Kier molecular flexibility index (Phi) is 8.40. The van der Waals surface area contributed by atoms with E-state index in [9.17, 15) is 19.5 Å². The Morgan fingerprint density at radius 1 is 1.10 bits per heavy atom. The molecule has 3 N–H and O–H groups in total. The number of carboxylic acid groups (broad SMARTS) is 1. The van der Waals surface area contributed by atoms with Crippen LogP contribution in [0.25, 0.3) is 10.2 Å². The van der Waals surface area contributed by atoms with Crippen molar-refractivity contribution in [1.29, 1.82) is 0 Å². The Bertz CT molecular complexity index is 1470. The molecule has 2 amide bonds. The van der Waals surface area contributed by atoms with Crippen molar-refractivity contribution >= 4 is 61.0 Å². The van der Waals surface area contributed by atoms with Gasteiger partial charge < -0.3 is 25.4 Å². The van der Waals surface area contributed by atoms with Crippen LogP contribution in [0.1, 0.15) is 57.8 Å². The smallest absolute Gasteiger partial charge is 0.329 e. The molecule has 1 aromatic heterocycles. The van der Waals surface area contributed by atoms with Crippen molar-refractivity contribution in [2.75, 3.05) is 11.9 Å². The van der Waals surface area contributed by atoms with Gasteiger partial charge in [0.15, 0.2) is 0 Å². The first-order valence-corrected chi connectivity index (χ1v) is 16.3. The Balaban J connectivity index is 1.28. The van der Waals surface area contributed by atoms with Gasteiger partial charge in [-0.1, -0.05) is 77.6 Å². The molecule has 6 rings (SSSR count). The van der Waals surface area contributed by atoms with Gasteiger partial charge in [-0.25, -0.2) is 9.78 Å². The number of nitrogens with one attached hydrogen (secondary N) is 2. The number of fused-ring (bicyclic) bond motifs is 3. The summed E-state index contributed by atoms with van der Waals surface area (Å²) < 4.78 is 8.20. The maximum atomic E-state index is 14.2. The molecule has 3 aliphatic rings. The zero-order valence-corrected chi connectivity index (χ0v) is 25.7. The number of anilines is 1. The zero-order chi connectivity index (χ0) is 29.3. The molecule has 0 radical (unpaired) electrons. The second-order valence-corrected chi connectivity index (χ2v) is 13.6. The van der Waals surface area contributed by atoms with Crippen molar-refractivity contribution in [3.8, 4) is 5.19 Å². The van der Waals surface area contributed by atoms with Gasteiger partial charge in [-0.15, -0.1) is 0 Å². The number of aromatic nitrogens is 1. The number of hydrogen-bond acceptors (Lipinski definition) is 7. The Hall–Kier alpha value is -3.18. The topological polar surface area (TPSA) is 121 Å². The molecular formula is C31H35BrN4O5S. The first-order valence-electron chi connectivity index (χ1n) is 14.7. The molecule has 3 aromatic rings. The van der Waals surface area contributed by atoms with Crippen molar-refractivity contribution in [1.82, 2.24) is 15.2 Å². The number of hydrogen-bond donors (Lipinski definition) is 3. The number of carboxylic acids is 1. The van der Waals surface area contributed by atoms with E-state index in [0.29, 0.717) is 18.0 Å². The minimum Gasteiger partial charge on any atom is -0.479 e. The minimum atomic E-state index is -1.26. The summed E-state index contributed by atoms with van der Waals surface area (Å²) in [7, 11) is 0. The molecule has 222 valence electrons. The van der Waals surface area contributed by atoms with Gasteiger partial charge in [0.2, 0.25) is 11.8 Å². The van der Waals surface area contributed by atoms with Crippen LogP contribution < -0.4 is 15.4 Å². The van der Waals surface area contributed by atoms with E-state index < -0.39 is 35.6 Å². The van der Waals surface area contributed by atoms with Crippen molar-refractivity contribution in [2.24, 2.45) is 5.92 Å². The monoisotopic (exact) mass is 654 g/mol. The number of para-hydroxylation sites is 1. The van der Waals surface area contributed by atoms with E-state index in [2.05, 4.69) is 31.5 Å². The van der Waals surface area contributed by atoms with E-state index in [0.717, 1.165) is 58.9 Å². The highest BCUT2D eigenvalue weighted by Gasteiger charge is 2.62. The van der Waals surface area contributed by atoms with Crippen molar-refractivity contribution in [3.63, 3.8) is 0 Å². The second kappa shape index (κ2) is 12.2. The number of ether oxygens (including phenoxy) is 1. The summed E-state index contributed by atoms with van der Waals surface area (Å²) in [6.45, 7) is 0.215. The summed E-state index contributed by atoms with van der Waals surface area (Å²) in [5.41, 5.74) is 0.399. The van der Waals surface area contributed by atoms with Crippen LogP contribution in [0.5, 0.6) is 5.19 Å². The summed E-state index contributed by atoms with van der Waals surface area (Å²) in [5, 5.41) is 16.9. The fraction of sp³-hybridized carbons (Fsp3) is 0.484. The van der Waals surface area contributed by atoms with Gasteiger partial charge in [0.1, 0.15) is 23.7 Å². The molecule has 3 heterocycles. The standard InChI is InChI=1S/C31H35BrN4O5S/c32-20-13-14-23-26(15-20)42-30(34-23)41-22-16-25-27(37)35-31(29(39)40)17-19(31)9-5-2-1-3-8-12-24(28(38)36(25)18-22)33-21-10-6-4-7-11-21/h4,6-7,10-11,13-15,19,22,24-25,33H,1-3,5,8-9,12,16-18H2,(H,35,37)(H,39,40)/t19-,22-,24+,25+,31-/m1/s1. The van der Waals surface area contributed by atoms with E-state index >= 15 is 0 Å². The highest BCUT2D eigenvalue weighted by atomic mass is 79.9. The summed E-state index contributed by atoms with van der Waals surface area (Å²) in [6, 6.07) is 14.1. The first kappa shape index (κ1) is 28.9. The SMILES string of the molecule is O=C1N[C@]2(C(=O)O)C[C@H]2CCCCCCC[C@H](Nc2ccccc2)C(=O)N2C[C@H](Oc3nc4ccc(Br)cc4s3)C[C@@H]12. The van der Waals surface area contributed by atoms with Gasteiger partial charge in [0.05, 0.1) is 16.8 Å². The normalized spacial score (nSPS) is 28.6. The van der Waals surface area contributed by atoms with Crippen LogP contribution in [0.15, 0.2) is 53.0 Å². The molecule has 3 fully saturated rings. The van der Waals surface area contributed by atoms with Gasteiger partial charge in [0.25, 0.3) is 5.19 Å². The maximum Gasteiger partial charge on any atom is 0.329 e. The highest BCUT2D eigenvalue weighted by Crippen LogP contribution is 2.47. The van der Waals surface area contributed by atoms with Gasteiger partial charge in [-0.05, 0) is 55.5 Å². The molecule has 0 spiro atoms. The average molecular weight is 656 g/mol. The highest BCUT2D eigenvalue weighted by molar-refractivity contribution is 9.10. The third kappa shape index (κ3) is 6.13. The molecule has 11 heteroatoms. The van der Waals surface area contributed by atoms with Gasteiger partial charge >= 0.3 is 5.97 Å². The summed E-state index contributed by atoms with van der Waals surface area (Å²) in [5.74, 6) is -1.69. The minimum absolute atomic E-state index is 0.0868. The predicted octanol–water partition coefficient (Wildman–Crippen LogP) is 5.59. The number of benzene rings is 2. The number of halogens is 1. The number of carbonyl (C=O) groups is 3. The Morgan fingerprint density at radius 3 is 2.64 bits per heavy atom. The molecule has 0 bridgehead atoms. The average Bonchev–Trinajstić information content (AvgIpc) is 3.29. The molecule has 2 aliphatic heterocycles. The number of rotatable bonds is 5.